The van der Waals surface area contributed by atoms with Gasteiger partial charge in [-0.15, -0.1) is 0 Å². The Morgan fingerprint density at radius 3 is 2.94 bits per heavy atom. The van der Waals surface area contributed by atoms with Gasteiger partial charge in [0.1, 0.15) is 0 Å². The molecule has 2 heterocycles. The van der Waals surface area contributed by atoms with E-state index in [-0.39, 0.29) is 6.61 Å². The molecule has 0 radical (unpaired) electrons. The molecule has 4 nitrogen and oxygen atoms in total. The monoisotopic (exact) mass is 223 g/mol. The van der Waals surface area contributed by atoms with Gasteiger partial charge in [-0.25, -0.2) is 4.98 Å². The molecule has 1 N–H and O–H groups in total. The van der Waals surface area contributed by atoms with Crippen LogP contribution in [0.15, 0.2) is 18.2 Å². The molecular formula is C12H17NO3. The molecule has 0 aliphatic carbocycles. The van der Waals surface area contributed by atoms with E-state index in [1.54, 1.807) is 6.07 Å². The molecule has 1 aliphatic heterocycles. The number of hydrogen-bond donors (Lipinski definition) is 1. The van der Waals surface area contributed by atoms with Crippen LogP contribution in [-0.2, 0) is 11.3 Å². The highest BCUT2D eigenvalue weighted by Crippen LogP contribution is 2.16. The third-order valence-corrected chi connectivity index (χ3v) is 2.75. The molecule has 4 heteroatoms. The highest BCUT2D eigenvalue weighted by atomic mass is 16.5. The second kappa shape index (κ2) is 5.82. The summed E-state index contributed by atoms with van der Waals surface area (Å²) in [6.07, 6.45) is 2.11. The summed E-state index contributed by atoms with van der Waals surface area (Å²) in [4.78, 5) is 4.17. The van der Waals surface area contributed by atoms with E-state index in [0.717, 1.165) is 26.1 Å². The summed E-state index contributed by atoms with van der Waals surface area (Å²) in [6, 6.07) is 5.44. The maximum absolute atomic E-state index is 8.94. The number of aliphatic hydroxyl groups is 1. The van der Waals surface area contributed by atoms with E-state index in [4.69, 9.17) is 14.6 Å². The second-order valence-electron chi connectivity index (χ2n) is 3.99. The maximum atomic E-state index is 8.94. The van der Waals surface area contributed by atoms with Gasteiger partial charge in [0.15, 0.2) is 0 Å². The molecular weight excluding hydrogens is 206 g/mol. The van der Waals surface area contributed by atoms with Crippen molar-refractivity contribution in [1.82, 2.24) is 4.98 Å². The summed E-state index contributed by atoms with van der Waals surface area (Å²) >= 11 is 0. The van der Waals surface area contributed by atoms with Crippen LogP contribution >= 0.6 is 0 Å². The van der Waals surface area contributed by atoms with Crippen LogP contribution in [0.4, 0.5) is 0 Å². The highest BCUT2D eigenvalue weighted by molar-refractivity contribution is 5.15. The van der Waals surface area contributed by atoms with Crippen LogP contribution in [0, 0.1) is 5.92 Å². The van der Waals surface area contributed by atoms with Gasteiger partial charge >= 0.3 is 0 Å². The Bertz CT molecular complexity index is 324. The first kappa shape index (κ1) is 11.4. The predicted octanol–water partition coefficient (Wildman–Crippen LogP) is 1.38. The van der Waals surface area contributed by atoms with Gasteiger partial charge in [-0.2, -0.15) is 0 Å². The molecule has 0 unspecified atom stereocenters. The largest absolute Gasteiger partial charge is 0.477 e. The lowest BCUT2D eigenvalue weighted by Crippen LogP contribution is -2.21. The first-order valence-corrected chi connectivity index (χ1v) is 5.66. The average Bonchev–Trinajstić information content (AvgIpc) is 2.38. The van der Waals surface area contributed by atoms with Crippen LogP contribution in [0.2, 0.25) is 0 Å². The van der Waals surface area contributed by atoms with Crippen molar-refractivity contribution in [1.29, 1.82) is 0 Å². The zero-order valence-electron chi connectivity index (χ0n) is 9.26. The van der Waals surface area contributed by atoms with Crippen LogP contribution in [-0.4, -0.2) is 29.9 Å². The van der Waals surface area contributed by atoms with E-state index in [1.165, 1.54) is 0 Å². The van der Waals surface area contributed by atoms with Gasteiger partial charge in [-0.1, -0.05) is 6.07 Å². The van der Waals surface area contributed by atoms with Crippen molar-refractivity contribution in [2.75, 3.05) is 19.8 Å². The Kier molecular flexibility index (Phi) is 4.13. The Morgan fingerprint density at radius 1 is 1.38 bits per heavy atom. The first-order chi connectivity index (χ1) is 7.88. The molecule has 1 saturated heterocycles. The van der Waals surface area contributed by atoms with E-state index >= 15 is 0 Å². The number of aromatic nitrogens is 1. The summed E-state index contributed by atoms with van der Waals surface area (Å²) in [5.41, 5.74) is 0.643. The molecule has 2 rings (SSSR count). The SMILES string of the molecule is OCc1cccc(OCC2CCOCC2)n1. The van der Waals surface area contributed by atoms with Gasteiger partial charge in [0.25, 0.3) is 0 Å². The quantitative estimate of drug-likeness (QED) is 0.837. The molecule has 1 fully saturated rings. The van der Waals surface area contributed by atoms with Gasteiger partial charge in [0.05, 0.1) is 18.9 Å². The average molecular weight is 223 g/mol. The fourth-order valence-electron chi connectivity index (χ4n) is 1.74. The number of hydrogen-bond acceptors (Lipinski definition) is 4. The van der Waals surface area contributed by atoms with Crippen LogP contribution in [0.3, 0.4) is 0 Å². The summed E-state index contributed by atoms with van der Waals surface area (Å²) in [5.74, 6) is 1.16. The van der Waals surface area contributed by atoms with E-state index in [0.29, 0.717) is 24.1 Å². The van der Waals surface area contributed by atoms with Gasteiger partial charge in [-0.05, 0) is 24.8 Å². The second-order valence-corrected chi connectivity index (χ2v) is 3.99. The van der Waals surface area contributed by atoms with Gasteiger partial charge in [-0.3, -0.25) is 0 Å². The normalized spacial score (nSPS) is 17.3. The predicted molar refractivity (Wildman–Crippen MR) is 59.2 cm³/mol. The molecule has 88 valence electrons. The molecule has 16 heavy (non-hydrogen) atoms. The van der Waals surface area contributed by atoms with Gasteiger partial charge in [0, 0.05) is 19.3 Å². The Labute approximate surface area is 95.2 Å². The lowest BCUT2D eigenvalue weighted by atomic mass is 10.0. The molecule has 0 amide bonds. The summed E-state index contributed by atoms with van der Waals surface area (Å²) in [6.45, 7) is 2.30. The fourth-order valence-corrected chi connectivity index (χ4v) is 1.74. The Hall–Kier alpha value is -1.13. The standard InChI is InChI=1S/C12H17NO3/c14-8-11-2-1-3-12(13-11)16-9-10-4-6-15-7-5-10/h1-3,10,14H,4-9H2. The van der Waals surface area contributed by atoms with E-state index in [2.05, 4.69) is 4.98 Å². The molecule has 1 aromatic heterocycles. The van der Waals surface area contributed by atoms with E-state index in [1.807, 2.05) is 12.1 Å². The molecule has 1 aliphatic rings. The summed E-state index contributed by atoms with van der Waals surface area (Å²) in [7, 11) is 0. The van der Waals surface area contributed by atoms with Crippen molar-refractivity contribution in [3.63, 3.8) is 0 Å². The summed E-state index contributed by atoms with van der Waals surface area (Å²) in [5, 5.41) is 8.94. The molecule has 0 bridgehead atoms. The smallest absolute Gasteiger partial charge is 0.213 e. The van der Waals surface area contributed by atoms with Gasteiger partial charge in [0.2, 0.25) is 5.88 Å². The zero-order chi connectivity index (χ0) is 11.2. The lowest BCUT2D eigenvalue weighted by molar-refractivity contribution is 0.0490. The van der Waals surface area contributed by atoms with Crippen molar-refractivity contribution < 1.29 is 14.6 Å². The molecule has 1 aromatic rings. The summed E-state index contributed by atoms with van der Waals surface area (Å²) < 4.78 is 10.9. The number of rotatable bonds is 4. The lowest BCUT2D eigenvalue weighted by Gasteiger charge is -2.21. The Morgan fingerprint density at radius 2 is 2.19 bits per heavy atom. The van der Waals surface area contributed by atoms with Crippen LogP contribution in [0.25, 0.3) is 0 Å². The molecule has 0 spiro atoms. The Balaban J connectivity index is 1.83. The number of aliphatic hydroxyl groups excluding tert-OH is 1. The van der Waals surface area contributed by atoms with Crippen molar-refractivity contribution >= 4 is 0 Å². The third-order valence-electron chi connectivity index (χ3n) is 2.75. The molecule has 0 atom stereocenters. The van der Waals surface area contributed by atoms with Crippen LogP contribution in [0.5, 0.6) is 5.88 Å². The minimum atomic E-state index is -0.0472. The topological polar surface area (TPSA) is 51.6 Å². The fraction of sp³-hybridized carbons (Fsp3) is 0.583. The number of nitrogens with zero attached hydrogens (tertiary/aromatic N) is 1. The van der Waals surface area contributed by atoms with Crippen LogP contribution < -0.4 is 4.74 Å². The van der Waals surface area contributed by atoms with Crippen molar-refractivity contribution in [2.45, 2.75) is 19.4 Å². The van der Waals surface area contributed by atoms with Crippen molar-refractivity contribution in [2.24, 2.45) is 5.92 Å². The minimum absolute atomic E-state index is 0.0472. The van der Waals surface area contributed by atoms with Gasteiger partial charge < -0.3 is 14.6 Å². The van der Waals surface area contributed by atoms with Crippen molar-refractivity contribution in [3.05, 3.63) is 23.9 Å². The van der Waals surface area contributed by atoms with Crippen LogP contribution in [0.1, 0.15) is 18.5 Å². The zero-order valence-corrected chi connectivity index (χ0v) is 9.26. The third kappa shape index (κ3) is 3.18. The number of pyridine rings is 1. The van der Waals surface area contributed by atoms with E-state index < -0.39 is 0 Å². The highest BCUT2D eigenvalue weighted by Gasteiger charge is 2.14. The molecule has 0 saturated carbocycles. The molecule has 0 aromatic carbocycles. The first-order valence-electron chi connectivity index (χ1n) is 5.66. The maximum Gasteiger partial charge on any atom is 0.213 e. The minimum Gasteiger partial charge on any atom is -0.477 e. The number of ether oxygens (including phenoxy) is 2. The van der Waals surface area contributed by atoms with Crippen molar-refractivity contribution in [3.8, 4) is 5.88 Å². The van der Waals surface area contributed by atoms with E-state index in [9.17, 15) is 0 Å².